The molecule has 1 aliphatic carbocycles. The first-order valence-electron chi connectivity index (χ1n) is 10.1. The topological polar surface area (TPSA) is 27.1 Å². The summed E-state index contributed by atoms with van der Waals surface area (Å²) in [5.74, 6) is 1.85. The van der Waals surface area contributed by atoms with Crippen molar-refractivity contribution in [2.75, 3.05) is 6.61 Å². The molecular formula is C23H27ClN2O. The second-order valence-corrected chi connectivity index (χ2v) is 8.01. The summed E-state index contributed by atoms with van der Waals surface area (Å²) in [5, 5.41) is 0.764. The number of halogens is 1. The molecule has 27 heavy (non-hydrogen) atoms. The molecule has 4 heteroatoms. The fourth-order valence-electron chi connectivity index (χ4n) is 4.07. The van der Waals surface area contributed by atoms with Crippen LogP contribution in [0.5, 0.6) is 0 Å². The van der Waals surface area contributed by atoms with Crippen molar-refractivity contribution in [3.8, 4) is 0 Å². The summed E-state index contributed by atoms with van der Waals surface area (Å²) in [6.45, 7) is 2.17. The first-order chi connectivity index (χ1) is 13.3. The number of fused-ring (bicyclic) bond motifs is 1. The first-order valence-corrected chi connectivity index (χ1v) is 10.4. The molecule has 0 bridgehead atoms. The van der Waals surface area contributed by atoms with Crippen molar-refractivity contribution in [3.05, 3.63) is 64.9 Å². The zero-order valence-electron chi connectivity index (χ0n) is 15.7. The van der Waals surface area contributed by atoms with E-state index in [4.69, 9.17) is 21.3 Å². The molecule has 0 aliphatic heterocycles. The molecule has 3 nitrogen and oxygen atoms in total. The van der Waals surface area contributed by atoms with Crippen molar-refractivity contribution in [2.24, 2.45) is 5.92 Å². The molecule has 0 spiro atoms. The third kappa shape index (κ3) is 4.72. The molecule has 1 fully saturated rings. The number of ether oxygens (including phenoxy) is 1. The van der Waals surface area contributed by atoms with Gasteiger partial charge in [-0.1, -0.05) is 68.0 Å². The van der Waals surface area contributed by atoms with Gasteiger partial charge in [-0.25, -0.2) is 4.98 Å². The number of aromatic nitrogens is 2. The molecule has 142 valence electrons. The molecule has 1 aliphatic rings. The Balaban J connectivity index is 1.45. The summed E-state index contributed by atoms with van der Waals surface area (Å²) in [5.41, 5.74) is 3.39. The van der Waals surface area contributed by atoms with Gasteiger partial charge in [-0.2, -0.15) is 0 Å². The summed E-state index contributed by atoms with van der Waals surface area (Å²) >= 11 is 6.03. The van der Waals surface area contributed by atoms with Gasteiger partial charge in [0.25, 0.3) is 0 Å². The lowest BCUT2D eigenvalue weighted by molar-refractivity contribution is 0.0954. The number of hydrogen-bond donors (Lipinski definition) is 0. The minimum absolute atomic E-state index is 0.564. The Bertz CT molecular complexity index is 866. The van der Waals surface area contributed by atoms with Crippen molar-refractivity contribution in [1.82, 2.24) is 9.55 Å². The van der Waals surface area contributed by atoms with E-state index in [9.17, 15) is 0 Å². The van der Waals surface area contributed by atoms with Gasteiger partial charge in [0.2, 0.25) is 0 Å². The van der Waals surface area contributed by atoms with Crippen LogP contribution in [0.1, 0.15) is 49.9 Å². The molecular weight excluding hydrogens is 356 g/mol. The van der Waals surface area contributed by atoms with Crippen LogP contribution in [0, 0.1) is 5.92 Å². The second kappa shape index (κ2) is 8.90. The van der Waals surface area contributed by atoms with E-state index in [2.05, 4.69) is 34.9 Å². The Hall–Kier alpha value is -1.84. The Labute approximate surface area is 166 Å². The minimum Gasteiger partial charge on any atom is -0.374 e. The standard InChI is InChI=1S/C23H27ClN2O/c24-20-12-10-19(11-13-20)16-26-22-9-5-4-8-21(22)25-23(26)17-27-15-14-18-6-2-1-3-7-18/h4-5,8-13,18H,1-3,6-7,14-17H2. The van der Waals surface area contributed by atoms with Gasteiger partial charge in [0.1, 0.15) is 12.4 Å². The average Bonchev–Trinajstić information content (AvgIpc) is 3.05. The van der Waals surface area contributed by atoms with Crippen molar-refractivity contribution in [3.63, 3.8) is 0 Å². The monoisotopic (exact) mass is 382 g/mol. The number of nitrogens with zero attached hydrogens (tertiary/aromatic N) is 2. The van der Waals surface area contributed by atoms with Crippen LogP contribution in [0.2, 0.25) is 5.02 Å². The van der Waals surface area contributed by atoms with E-state index in [-0.39, 0.29) is 0 Å². The summed E-state index contributed by atoms with van der Waals surface area (Å²) < 4.78 is 8.31. The molecule has 0 N–H and O–H groups in total. The van der Waals surface area contributed by atoms with Crippen LogP contribution in [0.3, 0.4) is 0 Å². The predicted octanol–water partition coefficient (Wildman–Crippen LogP) is 6.23. The smallest absolute Gasteiger partial charge is 0.136 e. The molecule has 2 aromatic carbocycles. The van der Waals surface area contributed by atoms with Crippen LogP contribution in [0.25, 0.3) is 11.0 Å². The molecule has 3 aromatic rings. The van der Waals surface area contributed by atoms with E-state index in [0.717, 1.165) is 40.9 Å². The third-order valence-electron chi connectivity index (χ3n) is 5.61. The SMILES string of the molecule is Clc1ccc(Cn2c(COCCC3CCCCC3)nc3ccccc32)cc1. The number of imidazole rings is 1. The van der Waals surface area contributed by atoms with Crippen LogP contribution in [0.15, 0.2) is 48.5 Å². The van der Waals surface area contributed by atoms with Crippen LogP contribution >= 0.6 is 11.6 Å². The van der Waals surface area contributed by atoms with E-state index in [1.807, 2.05) is 18.2 Å². The van der Waals surface area contributed by atoms with Crippen molar-refractivity contribution < 1.29 is 4.74 Å². The van der Waals surface area contributed by atoms with Crippen LogP contribution in [-0.2, 0) is 17.9 Å². The highest BCUT2D eigenvalue weighted by Crippen LogP contribution is 2.26. The number of benzene rings is 2. The molecule has 0 amide bonds. The molecule has 1 heterocycles. The average molecular weight is 383 g/mol. The highest BCUT2D eigenvalue weighted by Gasteiger charge is 2.14. The fraction of sp³-hybridized carbons (Fsp3) is 0.435. The highest BCUT2D eigenvalue weighted by molar-refractivity contribution is 6.30. The van der Waals surface area contributed by atoms with Crippen LogP contribution in [-0.4, -0.2) is 16.2 Å². The summed E-state index contributed by atoms with van der Waals surface area (Å²) in [7, 11) is 0. The largest absolute Gasteiger partial charge is 0.374 e. The van der Waals surface area contributed by atoms with Gasteiger partial charge in [-0.3, -0.25) is 0 Å². The quantitative estimate of drug-likeness (QED) is 0.453. The summed E-state index contributed by atoms with van der Waals surface area (Å²) in [4.78, 5) is 4.82. The second-order valence-electron chi connectivity index (χ2n) is 7.57. The maximum atomic E-state index is 6.05. The lowest BCUT2D eigenvalue weighted by Crippen LogP contribution is -2.11. The summed E-state index contributed by atoms with van der Waals surface area (Å²) in [6.07, 6.45) is 8.11. The Morgan fingerprint density at radius 1 is 1.00 bits per heavy atom. The Kier molecular flexibility index (Phi) is 6.10. The van der Waals surface area contributed by atoms with Crippen molar-refractivity contribution >= 4 is 22.6 Å². The van der Waals surface area contributed by atoms with Gasteiger partial charge in [-0.05, 0) is 42.2 Å². The van der Waals surface area contributed by atoms with Crippen LogP contribution < -0.4 is 0 Å². The highest BCUT2D eigenvalue weighted by atomic mass is 35.5. The maximum Gasteiger partial charge on any atom is 0.136 e. The van der Waals surface area contributed by atoms with Gasteiger partial charge < -0.3 is 9.30 Å². The Morgan fingerprint density at radius 3 is 2.59 bits per heavy atom. The number of hydrogen-bond acceptors (Lipinski definition) is 2. The van der Waals surface area contributed by atoms with E-state index < -0.39 is 0 Å². The van der Waals surface area contributed by atoms with Crippen molar-refractivity contribution in [2.45, 2.75) is 51.7 Å². The van der Waals surface area contributed by atoms with E-state index in [0.29, 0.717) is 6.61 Å². The van der Waals surface area contributed by atoms with Crippen molar-refractivity contribution in [1.29, 1.82) is 0 Å². The normalized spacial score (nSPS) is 15.4. The lowest BCUT2D eigenvalue weighted by Gasteiger charge is -2.21. The van der Waals surface area contributed by atoms with E-state index in [1.54, 1.807) is 0 Å². The maximum absolute atomic E-state index is 6.05. The van der Waals surface area contributed by atoms with Gasteiger partial charge in [0.05, 0.1) is 11.0 Å². The molecule has 1 saturated carbocycles. The minimum atomic E-state index is 0.564. The number of para-hydroxylation sites is 2. The molecule has 4 rings (SSSR count). The van der Waals surface area contributed by atoms with Crippen LogP contribution in [0.4, 0.5) is 0 Å². The molecule has 0 radical (unpaired) electrons. The molecule has 0 saturated heterocycles. The number of rotatable bonds is 7. The zero-order chi connectivity index (χ0) is 18.5. The third-order valence-corrected chi connectivity index (χ3v) is 5.87. The van der Waals surface area contributed by atoms with Gasteiger partial charge in [-0.15, -0.1) is 0 Å². The zero-order valence-corrected chi connectivity index (χ0v) is 16.5. The van der Waals surface area contributed by atoms with E-state index >= 15 is 0 Å². The predicted molar refractivity (Wildman–Crippen MR) is 111 cm³/mol. The fourth-order valence-corrected chi connectivity index (χ4v) is 4.20. The Morgan fingerprint density at radius 2 is 1.78 bits per heavy atom. The molecule has 0 atom stereocenters. The first kappa shape index (κ1) is 18.5. The van der Waals surface area contributed by atoms with Gasteiger partial charge in [0.15, 0.2) is 0 Å². The lowest BCUT2D eigenvalue weighted by atomic mass is 9.87. The molecule has 1 aromatic heterocycles. The van der Waals surface area contributed by atoms with Gasteiger partial charge in [0, 0.05) is 18.2 Å². The van der Waals surface area contributed by atoms with E-state index in [1.165, 1.54) is 44.1 Å². The summed E-state index contributed by atoms with van der Waals surface area (Å²) in [6, 6.07) is 16.3. The van der Waals surface area contributed by atoms with Gasteiger partial charge >= 0.3 is 0 Å². The molecule has 0 unspecified atom stereocenters.